The average Bonchev–Trinajstić information content (AvgIpc) is 2.32. The van der Waals surface area contributed by atoms with Crippen LogP contribution in [0.4, 0.5) is 0 Å². The van der Waals surface area contributed by atoms with Crippen LogP contribution in [0.25, 0.3) is 0 Å². The van der Waals surface area contributed by atoms with Crippen LogP contribution in [0.15, 0.2) is 0 Å². The Labute approximate surface area is 128 Å². The molecule has 0 spiro atoms. The van der Waals surface area contributed by atoms with Gasteiger partial charge in [0.1, 0.15) is 0 Å². The molecule has 0 aromatic heterocycles. The van der Waals surface area contributed by atoms with E-state index in [-0.39, 0.29) is 5.54 Å². The third-order valence-corrected chi connectivity index (χ3v) is 5.36. The monoisotopic (exact) mass is 281 g/mol. The van der Waals surface area contributed by atoms with Crippen LogP contribution in [0.1, 0.15) is 87.0 Å². The van der Waals surface area contributed by atoms with Crippen molar-refractivity contribution in [2.45, 2.75) is 92.5 Å². The molecule has 1 N–H and O–H groups in total. The first-order valence-corrected chi connectivity index (χ1v) is 8.92. The fourth-order valence-corrected chi connectivity index (χ4v) is 3.82. The van der Waals surface area contributed by atoms with Crippen molar-refractivity contribution in [1.29, 1.82) is 0 Å². The fraction of sp³-hybridized carbons (Fsp3) is 1.00. The largest absolute Gasteiger partial charge is 0.312 e. The number of nitrogens with one attached hydrogen (secondary N) is 1. The Hall–Kier alpha value is -0.0400. The summed E-state index contributed by atoms with van der Waals surface area (Å²) >= 11 is 0. The van der Waals surface area contributed by atoms with Gasteiger partial charge in [-0.15, -0.1) is 0 Å². The van der Waals surface area contributed by atoms with Gasteiger partial charge in [-0.1, -0.05) is 40.5 Å². The van der Waals surface area contributed by atoms with Crippen molar-refractivity contribution >= 4 is 0 Å². The van der Waals surface area contributed by atoms with Gasteiger partial charge in [-0.3, -0.25) is 0 Å². The Morgan fingerprint density at radius 3 is 2.20 bits per heavy atom. The normalized spacial score (nSPS) is 27.0. The molecular weight excluding hydrogens is 242 g/mol. The second kappa shape index (κ2) is 7.29. The van der Waals surface area contributed by atoms with Crippen LogP contribution in [0, 0.1) is 23.2 Å². The van der Waals surface area contributed by atoms with E-state index >= 15 is 0 Å². The van der Waals surface area contributed by atoms with Gasteiger partial charge in [-0.2, -0.15) is 0 Å². The highest BCUT2D eigenvalue weighted by Gasteiger charge is 2.35. The van der Waals surface area contributed by atoms with Crippen molar-refractivity contribution < 1.29 is 0 Å². The Morgan fingerprint density at radius 2 is 1.70 bits per heavy atom. The van der Waals surface area contributed by atoms with Crippen molar-refractivity contribution in [2.24, 2.45) is 23.2 Å². The Morgan fingerprint density at radius 1 is 1.10 bits per heavy atom. The third-order valence-electron chi connectivity index (χ3n) is 5.36. The van der Waals surface area contributed by atoms with Crippen molar-refractivity contribution in [2.75, 3.05) is 6.54 Å². The first kappa shape index (κ1) is 18.0. The summed E-state index contributed by atoms with van der Waals surface area (Å²) in [7, 11) is 0. The second-order valence-corrected chi connectivity index (χ2v) is 8.98. The molecule has 0 aromatic carbocycles. The van der Waals surface area contributed by atoms with Crippen molar-refractivity contribution in [3.8, 4) is 0 Å². The van der Waals surface area contributed by atoms with Crippen LogP contribution < -0.4 is 5.32 Å². The van der Waals surface area contributed by atoms with Crippen LogP contribution in [0.5, 0.6) is 0 Å². The van der Waals surface area contributed by atoms with E-state index in [1.165, 1.54) is 45.1 Å². The second-order valence-electron chi connectivity index (χ2n) is 8.98. The van der Waals surface area contributed by atoms with Gasteiger partial charge in [-0.05, 0) is 76.2 Å². The zero-order valence-electron chi connectivity index (χ0n) is 15.2. The number of hydrogen-bond acceptors (Lipinski definition) is 1. The lowest BCUT2D eigenvalue weighted by atomic mass is 9.64. The van der Waals surface area contributed by atoms with Crippen molar-refractivity contribution in [3.05, 3.63) is 0 Å². The van der Waals surface area contributed by atoms with Gasteiger partial charge >= 0.3 is 0 Å². The van der Waals surface area contributed by atoms with Crippen molar-refractivity contribution in [1.82, 2.24) is 5.32 Å². The van der Waals surface area contributed by atoms with Gasteiger partial charge in [0.15, 0.2) is 0 Å². The molecule has 1 rings (SSSR count). The summed E-state index contributed by atoms with van der Waals surface area (Å²) in [6.45, 7) is 17.8. The molecule has 0 aliphatic heterocycles. The van der Waals surface area contributed by atoms with Gasteiger partial charge in [-0.25, -0.2) is 0 Å². The number of hydrogen-bond donors (Lipinski definition) is 1. The molecule has 120 valence electrons. The third kappa shape index (κ3) is 6.16. The zero-order valence-corrected chi connectivity index (χ0v) is 15.2. The minimum absolute atomic E-state index is 0.256. The SMILES string of the molecule is CCC(CC)CC1CC(C)(C)CCC1CNC(C)(C)C. The Bertz CT molecular complexity index is 270. The minimum atomic E-state index is 0.256. The molecule has 0 radical (unpaired) electrons. The molecule has 2 unspecified atom stereocenters. The van der Waals surface area contributed by atoms with E-state index < -0.39 is 0 Å². The Balaban J connectivity index is 2.64. The molecular formula is C19H39N. The smallest absolute Gasteiger partial charge is 0.00966 e. The average molecular weight is 282 g/mol. The molecule has 0 heterocycles. The van der Waals surface area contributed by atoms with Gasteiger partial charge in [0.05, 0.1) is 0 Å². The molecule has 1 saturated carbocycles. The van der Waals surface area contributed by atoms with Crippen LogP contribution in [-0.4, -0.2) is 12.1 Å². The summed E-state index contributed by atoms with van der Waals surface area (Å²) in [5.74, 6) is 2.76. The maximum Gasteiger partial charge on any atom is 0.00966 e. The lowest BCUT2D eigenvalue weighted by Crippen LogP contribution is -2.43. The predicted molar refractivity (Wildman–Crippen MR) is 91.1 cm³/mol. The lowest BCUT2D eigenvalue weighted by Gasteiger charge is -2.43. The lowest BCUT2D eigenvalue weighted by molar-refractivity contribution is 0.0914. The van der Waals surface area contributed by atoms with E-state index in [9.17, 15) is 0 Å². The first-order valence-electron chi connectivity index (χ1n) is 8.92. The number of rotatable bonds is 6. The standard InChI is InChI=1S/C19H39N/c1-8-15(9-2)12-17-13-19(6,7)11-10-16(17)14-20-18(3,4)5/h15-17,20H,8-14H2,1-7H3. The van der Waals surface area contributed by atoms with E-state index in [1.54, 1.807) is 0 Å². The molecule has 0 amide bonds. The molecule has 0 aromatic rings. The van der Waals surface area contributed by atoms with Crippen LogP contribution in [0.3, 0.4) is 0 Å². The fourth-order valence-electron chi connectivity index (χ4n) is 3.82. The van der Waals surface area contributed by atoms with E-state index in [2.05, 4.69) is 53.8 Å². The maximum atomic E-state index is 3.76. The summed E-state index contributed by atoms with van der Waals surface area (Å²) in [5, 5.41) is 3.76. The van der Waals surface area contributed by atoms with E-state index in [0.29, 0.717) is 5.41 Å². The molecule has 1 nitrogen and oxygen atoms in total. The summed E-state index contributed by atoms with van der Waals surface area (Å²) in [6.07, 6.45) is 8.41. The molecule has 0 bridgehead atoms. The van der Waals surface area contributed by atoms with E-state index in [0.717, 1.165) is 17.8 Å². The van der Waals surface area contributed by atoms with Crippen LogP contribution in [-0.2, 0) is 0 Å². The highest BCUT2D eigenvalue weighted by Crippen LogP contribution is 2.44. The Kier molecular flexibility index (Phi) is 6.57. The van der Waals surface area contributed by atoms with Gasteiger partial charge in [0, 0.05) is 5.54 Å². The van der Waals surface area contributed by atoms with Gasteiger partial charge in [0.25, 0.3) is 0 Å². The van der Waals surface area contributed by atoms with Crippen LogP contribution >= 0.6 is 0 Å². The summed E-state index contributed by atoms with van der Waals surface area (Å²) in [4.78, 5) is 0. The van der Waals surface area contributed by atoms with E-state index in [4.69, 9.17) is 0 Å². The molecule has 1 aliphatic rings. The molecule has 1 fully saturated rings. The van der Waals surface area contributed by atoms with E-state index in [1.807, 2.05) is 0 Å². The highest BCUT2D eigenvalue weighted by molar-refractivity contribution is 4.88. The first-order chi connectivity index (χ1) is 9.17. The molecule has 0 saturated heterocycles. The molecule has 20 heavy (non-hydrogen) atoms. The summed E-state index contributed by atoms with van der Waals surface area (Å²) in [6, 6.07) is 0. The quantitative estimate of drug-likeness (QED) is 0.664. The molecule has 1 aliphatic carbocycles. The molecule has 2 atom stereocenters. The maximum absolute atomic E-state index is 3.76. The minimum Gasteiger partial charge on any atom is -0.312 e. The van der Waals surface area contributed by atoms with Crippen LogP contribution in [0.2, 0.25) is 0 Å². The van der Waals surface area contributed by atoms with Gasteiger partial charge < -0.3 is 5.32 Å². The summed E-state index contributed by atoms with van der Waals surface area (Å²) in [5.41, 5.74) is 0.821. The zero-order chi connectivity index (χ0) is 15.4. The highest BCUT2D eigenvalue weighted by atomic mass is 14.9. The van der Waals surface area contributed by atoms with Gasteiger partial charge in [0.2, 0.25) is 0 Å². The van der Waals surface area contributed by atoms with Crippen molar-refractivity contribution in [3.63, 3.8) is 0 Å². The topological polar surface area (TPSA) is 12.0 Å². The molecule has 1 heteroatoms. The summed E-state index contributed by atoms with van der Waals surface area (Å²) < 4.78 is 0. The predicted octanol–water partition coefficient (Wildman–Crippen LogP) is 5.64.